The van der Waals surface area contributed by atoms with Crippen LogP contribution in [0.2, 0.25) is 0 Å². The van der Waals surface area contributed by atoms with Gasteiger partial charge in [-0.25, -0.2) is 9.97 Å². The Morgan fingerprint density at radius 2 is 1.89 bits per heavy atom. The molecular weight excluding hydrogens is 228 g/mol. The van der Waals surface area contributed by atoms with Crippen molar-refractivity contribution in [1.82, 2.24) is 19.5 Å². The van der Waals surface area contributed by atoms with Gasteiger partial charge in [0.2, 0.25) is 0 Å². The first-order valence-corrected chi connectivity index (χ1v) is 6.14. The summed E-state index contributed by atoms with van der Waals surface area (Å²) in [7, 11) is 0. The van der Waals surface area contributed by atoms with Gasteiger partial charge >= 0.3 is 0 Å². The lowest BCUT2D eigenvalue weighted by Gasteiger charge is -2.08. The predicted molar refractivity (Wildman–Crippen MR) is 71.5 cm³/mol. The Balaban J connectivity index is 1.81. The molecule has 2 N–H and O–H groups in total. The van der Waals surface area contributed by atoms with Gasteiger partial charge in [0, 0.05) is 32.0 Å². The van der Waals surface area contributed by atoms with Gasteiger partial charge in [-0.05, 0) is 6.42 Å². The van der Waals surface area contributed by atoms with Crippen LogP contribution >= 0.6 is 0 Å². The lowest BCUT2D eigenvalue weighted by molar-refractivity contribution is 0.725. The number of imidazole rings is 1. The van der Waals surface area contributed by atoms with E-state index >= 15 is 0 Å². The van der Waals surface area contributed by atoms with Crippen LogP contribution in [0, 0.1) is 0 Å². The maximum atomic E-state index is 4.42. The van der Waals surface area contributed by atoms with Gasteiger partial charge in [-0.1, -0.05) is 6.92 Å². The van der Waals surface area contributed by atoms with E-state index in [0.29, 0.717) is 0 Å². The minimum absolute atomic E-state index is 0.788. The molecule has 6 nitrogen and oxygen atoms in total. The molecule has 2 aromatic heterocycles. The van der Waals surface area contributed by atoms with Gasteiger partial charge < -0.3 is 15.2 Å². The summed E-state index contributed by atoms with van der Waals surface area (Å²) in [5.74, 6) is 1.60. The van der Waals surface area contributed by atoms with Crippen LogP contribution in [-0.4, -0.2) is 32.6 Å². The van der Waals surface area contributed by atoms with Crippen molar-refractivity contribution in [2.45, 2.75) is 19.9 Å². The molecule has 0 aliphatic carbocycles. The Labute approximate surface area is 106 Å². The highest BCUT2D eigenvalue weighted by Crippen LogP contribution is 2.06. The Bertz CT molecular complexity index is 453. The monoisotopic (exact) mass is 246 g/mol. The molecule has 96 valence electrons. The molecule has 0 atom stereocenters. The number of rotatable bonds is 7. The SMILES string of the molecule is CCCNc1cncc(NCCn2ccnc2)n1. The van der Waals surface area contributed by atoms with Crippen molar-refractivity contribution in [3.05, 3.63) is 31.1 Å². The number of anilines is 2. The summed E-state index contributed by atoms with van der Waals surface area (Å²) >= 11 is 0. The summed E-state index contributed by atoms with van der Waals surface area (Å²) in [6.07, 6.45) is 10.0. The maximum Gasteiger partial charge on any atom is 0.147 e. The van der Waals surface area contributed by atoms with Gasteiger partial charge in [-0.2, -0.15) is 0 Å². The van der Waals surface area contributed by atoms with Crippen LogP contribution in [-0.2, 0) is 6.54 Å². The van der Waals surface area contributed by atoms with E-state index in [9.17, 15) is 0 Å². The molecule has 0 aliphatic heterocycles. The molecule has 0 unspecified atom stereocenters. The van der Waals surface area contributed by atoms with Crippen molar-refractivity contribution in [1.29, 1.82) is 0 Å². The summed E-state index contributed by atoms with van der Waals surface area (Å²) in [4.78, 5) is 12.6. The van der Waals surface area contributed by atoms with Gasteiger partial charge in [0.25, 0.3) is 0 Å². The molecule has 2 rings (SSSR count). The maximum absolute atomic E-state index is 4.42. The molecule has 0 aromatic carbocycles. The van der Waals surface area contributed by atoms with Crippen molar-refractivity contribution >= 4 is 11.6 Å². The highest BCUT2D eigenvalue weighted by atomic mass is 15.1. The van der Waals surface area contributed by atoms with Crippen LogP contribution in [0.15, 0.2) is 31.1 Å². The topological polar surface area (TPSA) is 67.7 Å². The molecule has 2 aromatic rings. The fraction of sp³-hybridized carbons (Fsp3) is 0.417. The molecule has 0 amide bonds. The van der Waals surface area contributed by atoms with Crippen LogP contribution in [0.5, 0.6) is 0 Å². The molecule has 0 aliphatic rings. The van der Waals surface area contributed by atoms with Gasteiger partial charge in [-0.15, -0.1) is 0 Å². The average Bonchev–Trinajstić information content (AvgIpc) is 2.90. The first kappa shape index (κ1) is 12.3. The highest BCUT2D eigenvalue weighted by Gasteiger charge is 1.97. The van der Waals surface area contributed by atoms with Crippen LogP contribution in [0.1, 0.15) is 13.3 Å². The number of hydrogen-bond acceptors (Lipinski definition) is 5. The molecule has 18 heavy (non-hydrogen) atoms. The van der Waals surface area contributed by atoms with E-state index in [2.05, 4.69) is 32.5 Å². The third kappa shape index (κ3) is 3.73. The minimum Gasteiger partial charge on any atom is -0.369 e. The van der Waals surface area contributed by atoms with E-state index in [1.54, 1.807) is 24.9 Å². The molecule has 2 heterocycles. The number of hydrogen-bond donors (Lipinski definition) is 2. The summed E-state index contributed by atoms with van der Waals surface area (Å²) in [5.41, 5.74) is 0. The van der Waals surface area contributed by atoms with Gasteiger partial charge in [0.05, 0.1) is 18.7 Å². The second kappa shape index (κ2) is 6.58. The van der Waals surface area contributed by atoms with Gasteiger partial charge in [-0.3, -0.25) is 4.98 Å². The summed E-state index contributed by atoms with van der Waals surface area (Å²) in [6.45, 7) is 4.68. The van der Waals surface area contributed by atoms with Crippen LogP contribution in [0.25, 0.3) is 0 Å². The number of nitrogens with one attached hydrogen (secondary N) is 2. The van der Waals surface area contributed by atoms with Crippen molar-refractivity contribution in [3.8, 4) is 0 Å². The Morgan fingerprint density at radius 3 is 2.56 bits per heavy atom. The predicted octanol–water partition coefficient (Wildman–Crippen LogP) is 1.61. The third-order valence-electron chi connectivity index (χ3n) is 2.43. The van der Waals surface area contributed by atoms with E-state index in [1.807, 2.05) is 10.8 Å². The zero-order valence-electron chi connectivity index (χ0n) is 10.5. The van der Waals surface area contributed by atoms with E-state index < -0.39 is 0 Å². The van der Waals surface area contributed by atoms with Crippen molar-refractivity contribution in [2.75, 3.05) is 23.7 Å². The standard InChI is InChI=1S/C12H18N6/c1-2-3-15-11-8-14-9-12(17-11)16-5-7-18-6-4-13-10-18/h4,6,8-10H,2-3,5,7H2,1H3,(H2,15,16,17). The highest BCUT2D eigenvalue weighted by molar-refractivity contribution is 5.41. The van der Waals surface area contributed by atoms with E-state index in [0.717, 1.165) is 37.7 Å². The largest absolute Gasteiger partial charge is 0.369 e. The molecule has 0 spiro atoms. The lowest BCUT2D eigenvalue weighted by Crippen LogP contribution is -2.11. The van der Waals surface area contributed by atoms with Gasteiger partial charge in [0.1, 0.15) is 11.6 Å². The Hall–Kier alpha value is -2.11. The van der Waals surface area contributed by atoms with Crippen molar-refractivity contribution in [3.63, 3.8) is 0 Å². The van der Waals surface area contributed by atoms with E-state index in [4.69, 9.17) is 0 Å². The average molecular weight is 246 g/mol. The first-order chi connectivity index (χ1) is 8.88. The second-order valence-electron chi connectivity index (χ2n) is 3.94. The molecule has 0 bridgehead atoms. The fourth-order valence-corrected chi connectivity index (χ4v) is 1.52. The summed E-state index contributed by atoms with van der Waals surface area (Å²) in [6, 6.07) is 0. The first-order valence-electron chi connectivity index (χ1n) is 6.14. The fourth-order valence-electron chi connectivity index (χ4n) is 1.52. The molecule has 0 saturated heterocycles. The molecule has 0 saturated carbocycles. The molecule has 0 radical (unpaired) electrons. The molecule has 0 fully saturated rings. The normalized spacial score (nSPS) is 10.3. The zero-order chi connectivity index (χ0) is 12.6. The van der Waals surface area contributed by atoms with Crippen molar-refractivity contribution < 1.29 is 0 Å². The third-order valence-corrected chi connectivity index (χ3v) is 2.43. The number of nitrogens with zero attached hydrogens (tertiary/aromatic N) is 4. The zero-order valence-corrected chi connectivity index (χ0v) is 10.5. The second-order valence-corrected chi connectivity index (χ2v) is 3.94. The van der Waals surface area contributed by atoms with Gasteiger partial charge in [0.15, 0.2) is 0 Å². The number of aromatic nitrogens is 4. The Kier molecular flexibility index (Phi) is 4.52. The summed E-state index contributed by atoms with van der Waals surface area (Å²) in [5, 5.41) is 6.45. The quantitative estimate of drug-likeness (QED) is 0.777. The summed E-state index contributed by atoms with van der Waals surface area (Å²) < 4.78 is 2.01. The molecular formula is C12H18N6. The van der Waals surface area contributed by atoms with E-state index in [-0.39, 0.29) is 0 Å². The van der Waals surface area contributed by atoms with E-state index in [1.165, 1.54) is 0 Å². The Morgan fingerprint density at radius 1 is 1.11 bits per heavy atom. The van der Waals surface area contributed by atoms with Crippen LogP contribution in [0.3, 0.4) is 0 Å². The van der Waals surface area contributed by atoms with Crippen molar-refractivity contribution in [2.24, 2.45) is 0 Å². The molecule has 6 heteroatoms. The smallest absolute Gasteiger partial charge is 0.147 e. The lowest BCUT2D eigenvalue weighted by atomic mass is 10.5. The van der Waals surface area contributed by atoms with Crippen LogP contribution < -0.4 is 10.6 Å². The van der Waals surface area contributed by atoms with Crippen LogP contribution in [0.4, 0.5) is 11.6 Å². The minimum atomic E-state index is 0.788.